The Balaban J connectivity index is 0.00000200. The normalized spacial score (nSPS) is 17.9. The molecule has 0 saturated carbocycles. The Hall–Kier alpha value is -1.05. The highest BCUT2D eigenvalue weighted by molar-refractivity contribution is 5.94. The molecule has 0 aromatic carbocycles. The third kappa shape index (κ3) is 4.72. The van der Waals surface area contributed by atoms with Crippen LogP contribution in [0.3, 0.4) is 0 Å². The first kappa shape index (κ1) is 19.9. The fraction of sp³-hybridized carbons (Fsp3) is 0.500. The number of alkyl halides is 3. The Labute approximate surface area is 132 Å². The minimum absolute atomic E-state index is 0. The van der Waals surface area contributed by atoms with E-state index in [9.17, 15) is 18.0 Å². The second kappa shape index (κ2) is 7.82. The van der Waals surface area contributed by atoms with Gasteiger partial charge < -0.3 is 10.6 Å². The average Bonchev–Trinajstić information content (AvgIpc) is 2.86. The summed E-state index contributed by atoms with van der Waals surface area (Å²) in [5.74, 6) is -0.0245. The maximum atomic E-state index is 12.3. The molecule has 2 heterocycles. The molecule has 1 atom stereocenters. The fourth-order valence-corrected chi connectivity index (χ4v) is 2.08. The molecule has 1 unspecified atom stereocenters. The quantitative estimate of drug-likeness (QED) is 0.895. The van der Waals surface area contributed by atoms with Gasteiger partial charge in [-0.15, -0.1) is 24.8 Å². The number of nitrogens with zero attached hydrogens (tertiary/aromatic N) is 2. The van der Waals surface area contributed by atoms with E-state index in [4.69, 9.17) is 5.73 Å². The fourth-order valence-electron chi connectivity index (χ4n) is 2.08. The Kier molecular flexibility index (Phi) is 7.43. The predicted molar refractivity (Wildman–Crippen MR) is 76.8 cm³/mol. The van der Waals surface area contributed by atoms with Crippen LogP contribution in [0.25, 0.3) is 0 Å². The number of amides is 1. The lowest BCUT2D eigenvalue weighted by molar-refractivity contribution is -0.141. The molecule has 1 amide bonds. The summed E-state index contributed by atoms with van der Waals surface area (Å²) < 4.78 is 37.0. The minimum atomic E-state index is -4.49. The van der Waals surface area contributed by atoms with Crippen molar-refractivity contribution in [3.8, 4) is 0 Å². The van der Waals surface area contributed by atoms with Crippen LogP contribution < -0.4 is 5.73 Å². The molecule has 2 rings (SSSR count). The molecule has 9 heteroatoms. The van der Waals surface area contributed by atoms with Gasteiger partial charge in [0.15, 0.2) is 0 Å². The maximum Gasteiger partial charge on any atom is 0.433 e. The van der Waals surface area contributed by atoms with Gasteiger partial charge in [0, 0.05) is 19.3 Å². The lowest BCUT2D eigenvalue weighted by atomic mass is 10.1. The van der Waals surface area contributed by atoms with Crippen LogP contribution in [0.1, 0.15) is 22.5 Å². The van der Waals surface area contributed by atoms with Gasteiger partial charge in [-0.1, -0.05) is 0 Å². The van der Waals surface area contributed by atoms with Crippen LogP contribution >= 0.6 is 24.8 Å². The van der Waals surface area contributed by atoms with Crippen LogP contribution in [0.2, 0.25) is 0 Å². The first-order valence-electron chi connectivity index (χ1n) is 5.94. The van der Waals surface area contributed by atoms with Crippen molar-refractivity contribution in [1.29, 1.82) is 0 Å². The predicted octanol–water partition coefficient (Wildman–Crippen LogP) is 2.36. The molecule has 21 heavy (non-hydrogen) atoms. The molecule has 1 aliphatic rings. The van der Waals surface area contributed by atoms with Crippen molar-refractivity contribution in [2.45, 2.75) is 12.6 Å². The Morgan fingerprint density at radius 1 is 1.38 bits per heavy atom. The number of hydrogen-bond acceptors (Lipinski definition) is 3. The number of rotatable bonds is 2. The Bertz CT molecular complexity index is 468. The van der Waals surface area contributed by atoms with E-state index in [0.29, 0.717) is 19.6 Å². The van der Waals surface area contributed by atoms with Gasteiger partial charge in [-0.2, -0.15) is 13.2 Å². The standard InChI is InChI=1S/C12H14F3N3O.2ClH/c13-12(14,15)10-2-1-9(6-17-10)11(19)18-4-3-8(5-16)7-18;;/h1-2,6,8H,3-5,7,16H2;2*1H. The number of carbonyl (C=O) groups is 1. The zero-order chi connectivity index (χ0) is 14.0. The summed E-state index contributed by atoms with van der Waals surface area (Å²) >= 11 is 0. The molecule has 0 bridgehead atoms. The topological polar surface area (TPSA) is 59.2 Å². The van der Waals surface area contributed by atoms with E-state index in [1.165, 1.54) is 0 Å². The zero-order valence-electron chi connectivity index (χ0n) is 11.0. The summed E-state index contributed by atoms with van der Waals surface area (Å²) in [6, 6.07) is 1.98. The Morgan fingerprint density at radius 2 is 2.05 bits per heavy atom. The lowest BCUT2D eigenvalue weighted by Crippen LogP contribution is -2.30. The van der Waals surface area contributed by atoms with Crippen molar-refractivity contribution in [1.82, 2.24) is 9.88 Å². The molecule has 0 spiro atoms. The molecule has 1 fully saturated rings. The molecule has 1 saturated heterocycles. The number of nitrogens with two attached hydrogens (primary N) is 1. The second-order valence-corrected chi connectivity index (χ2v) is 4.57. The molecule has 2 N–H and O–H groups in total. The second-order valence-electron chi connectivity index (χ2n) is 4.57. The van der Waals surface area contributed by atoms with E-state index in [2.05, 4.69) is 4.98 Å². The van der Waals surface area contributed by atoms with E-state index in [0.717, 1.165) is 24.8 Å². The van der Waals surface area contributed by atoms with Crippen LogP contribution in [-0.4, -0.2) is 35.4 Å². The molecule has 0 radical (unpaired) electrons. The van der Waals surface area contributed by atoms with Crippen molar-refractivity contribution in [2.75, 3.05) is 19.6 Å². The van der Waals surface area contributed by atoms with Gasteiger partial charge in [-0.3, -0.25) is 9.78 Å². The van der Waals surface area contributed by atoms with Crippen LogP contribution in [-0.2, 0) is 6.18 Å². The van der Waals surface area contributed by atoms with E-state index in [1.54, 1.807) is 4.90 Å². The van der Waals surface area contributed by atoms with Crippen molar-refractivity contribution in [2.24, 2.45) is 11.7 Å². The first-order chi connectivity index (χ1) is 8.91. The summed E-state index contributed by atoms with van der Waals surface area (Å²) in [6.45, 7) is 1.65. The molecule has 0 aliphatic carbocycles. The lowest BCUT2D eigenvalue weighted by Gasteiger charge is -2.16. The number of halogens is 5. The van der Waals surface area contributed by atoms with Crippen LogP contribution in [0.5, 0.6) is 0 Å². The number of pyridine rings is 1. The summed E-state index contributed by atoms with van der Waals surface area (Å²) in [5, 5.41) is 0. The highest BCUT2D eigenvalue weighted by Gasteiger charge is 2.33. The summed E-state index contributed by atoms with van der Waals surface area (Å²) in [7, 11) is 0. The smallest absolute Gasteiger partial charge is 0.338 e. The van der Waals surface area contributed by atoms with Crippen LogP contribution in [0.15, 0.2) is 18.3 Å². The molecular weight excluding hydrogens is 330 g/mol. The van der Waals surface area contributed by atoms with Crippen molar-refractivity contribution in [3.63, 3.8) is 0 Å². The number of likely N-dealkylation sites (tertiary alicyclic amines) is 1. The molecule has 4 nitrogen and oxygen atoms in total. The third-order valence-corrected chi connectivity index (χ3v) is 3.21. The molecule has 1 aromatic heterocycles. The molecule has 1 aromatic rings. The highest BCUT2D eigenvalue weighted by Crippen LogP contribution is 2.27. The van der Waals surface area contributed by atoms with Crippen molar-refractivity contribution in [3.05, 3.63) is 29.6 Å². The zero-order valence-corrected chi connectivity index (χ0v) is 12.6. The minimum Gasteiger partial charge on any atom is -0.338 e. The van der Waals surface area contributed by atoms with Gasteiger partial charge in [0.2, 0.25) is 0 Å². The van der Waals surface area contributed by atoms with Gasteiger partial charge in [0.1, 0.15) is 5.69 Å². The van der Waals surface area contributed by atoms with Crippen molar-refractivity contribution >= 4 is 30.7 Å². The van der Waals surface area contributed by atoms with Crippen LogP contribution in [0, 0.1) is 5.92 Å². The summed E-state index contributed by atoms with van der Waals surface area (Å²) in [6.07, 6.45) is -2.68. The van der Waals surface area contributed by atoms with E-state index in [-0.39, 0.29) is 42.2 Å². The third-order valence-electron chi connectivity index (χ3n) is 3.21. The molecule has 1 aliphatic heterocycles. The van der Waals surface area contributed by atoms with Crippen LogP contribution in [0.4, 0.5) is 13.2 Å². The van der Waals surface area contributed by atoms with Gasteiger partial charge in [-0.25, -0.2) is 0 Å². The van der Waals surface area contributed by atoms with Gasteiger partial charge in [-0.05, 0) is 31.0 Å². The SMILES string of the molecule is Cl.Cl.NCC1CCN(C(=O)c2ccc(C(F)(F)F)nc2)C1. The average molecular weight is 346 g/mol. The Morgan fingerprint density at radius 3 is 2.48 bits per heavy atom. The van der Waals surface area contributed by atoms with Gasteiger partial charge in [0.05, 0.1) is 5.56 Å². The largest absolute Gasteiger partial charge is 0.433 e. The number of hydrogen-bond donors (Lipinski definition) is 1. The number of aromatic nitrogens is 1. The summed E-state index contributed by atoms with van der Waals surface area (Å²) in [4.78, 5) is 16.9. The van der Waals surface area contributed by atoms with Crippen molar-refractivity contribution < 1.29 is 18.0 Å². The maximum absolute atomic E-state index is 12.3. The summed E-state index contributed by atoms with van der Waals surface area (Å²) in [5.41, 5.74) is 4.70. The first-order valence-corrected chi connectivity index (χ1v) is 5.94. The monoisotopic (exact) mass is 345 g/mol. The van der Waals surface area contributed by atoms with E-state index >= 15 is 0 Å². The van der Waals surface area contributed by atoms with Gasteiger partial charge in [0.25, 0.3) is 5.91 Å². The van der Waals surface area contributed by atoms with E-state index < -0.39 is 11.9 Å². The van der Waals surface area contributed by atoms with E-state index in [1.807, 2.05) is 0 Å². The molecular formula is C12H16Cl2F3N3O. The van der Waals surface area contributed by atoms with Gasteiger partial charge >= 0.3 is 6.18 Å². The number of carbonyl (C=O) groups excluding carboxylic acids is 1. The molecule has 120 valence electrons. The highest BCUT2D eigenvalue weighted by atomic mass is 35.5.